The summed E-state index contributed by atoms with van der Waals surface area (Å²) in [5.41, 5.74) is 3.91. The summed E-state index contributed by atoms with van der Waals surface area (Å²) in [6.45, 7) is 3.19. The van der Waals surface area contributed by atoms with E-state index in [9.17, 15) is 14.5 Å². The number of aryl methyl sites for hydroxylation is 1. The van der Waals surface area contributed by atoms with Gasteiger partial charge in [-0.2, -0.15) is 4.39 Å². The first-order valence-corrected chi connectivity index (χ1v) is 11.2. The molecule has 168 valence electrons. The Morgan fingerprint density at radius 3 is 2.88 bits per heavy atom. The van der Waals surface area contributed by atoms with E-state index in [1.165, 1.54) is 18.2 Å². The van der Waals surface area contributed by atoms with Crippen LogP contribution in [0, 0.1) is 15.9 Å². The van der Waals surface area contributed by atoms with E-state index in [1.54, 1.807) is 6.07 Å². The van der Waals surface area contributed by atoms with Gasteiger partial charge in [0, 0.05) is 40.3 Å². The Balaban J connectivity index is 1.60. The average molecular weight is 511 g/mol. The van der Waals surface area contributed by atoms with Crippen LogP contribution in [0.25, 0.3) is 22.2 Å². The molecule has 1 aliphatic rings. The molecule has 9 heteroatoms. The van der Waals surface area contributed by atoms with Crippen LogP contribution in [0.15, 0.2) is 53.1 Å². The molecule has 4 aromatic rings. The minimum atomic E-state index is -0.963. The number of halogens is 2. The number of hydrogen-bond acceptors (Lipinski definition) is 5. The lowest BCUT2D eigenvalue weighted by atomic mass is 9.92. The van der Waals surface area contributed by atoms with Gasteiger partial charge in [-0.25, -0.2) is 4.98 Å². The second-order valence-corrected chi connectivity index (χ2v) is 8.94. The molecule has 0 aliphatic carbocycles. The van der Waals surface area contributed by atoms with Gasteiger partial charge < -0.3 is 14.6 Å². The average Bonchev–Trinajstić information content (AvgIpc) is 3.18. The van der Waals surface area contributed by atoms with E-state index in [0.29, 0.717) is 11.7 Å². The highest BCUT2D eigenvalue weighted by Crippen LogP contribution is 2.41. The number of nitrogens with one attached hydrogen (secondary N) is 1. The molecule has 2 aromatic carbocycles. The van der Waals surface area contributed by atoms with Crippen LogP contribution in [0.4, 0.5) is 21.6 Å². The maximum absolute atomic E-state index is 14.0. The van der Waals surface area contributed by atoms with Crippen molar-refractivity contribution >= 4 is 44.0 Å². The van der Waals surface area contributed by atoms with E-state index < -0.39 is 16.4 Å². The fourth-order valence-electron chi connectivity index (χ4n) is 4.43. The van der Waals surface area contributed by atoms with Gasteiger partial charge in [-0.15, -0.1) is 0 Å². The molecule has 0 unspecified atom stereocenters. The van der Waals surface area contributed by atoms with E-state index in [2.05, 4.69) is 57.1 Å². The van der Waals surface area contributed by atoms with Crippen molar-refractivity contribution in [1.82, 2.24) is 9.55 Å². The summed E-state index contributed by atoms with van der Waals surface area (Å²) in [6.07, 6.45) is 3.21. The van der Waals surface area contributed by atoms with Crippen molar-refractivity contribution in [1.29, 1.82) is 0 Å². The third-order valence-corrected chi connectivity index (χ3v) is 6.73. The van der Waals surface area contributed by atoms with Gasteiger partial charge in [-0.1, -0.05) is 25.1 Å². The Kier molecular flexibility index (Phi) is 5.28. The normalized spacial score (nSPS) is 15.0. The Morgan fingerprint density at radius 1 is 1.30 bits per heavy atom. The molecule has 0 bridgehead atoms. The second kappa shape index (κ2) is 8.15. The number of ether oxygens (including phenoxy) is 1. The van der Waals surface area contributed by atoms with Crippen molar-refractivity contribution < 1.29 is 14.1 Å². The van der Waals surface area contributed by atoms with Crippen LogP contribution in [-0.2, 0) is 6.54 Å². The lowest BCUT2D eigenvalue weighted by Gasteiger charge is -2.21. The van der Waals surface area contributed by atoms with Crippen molar-refractivity contribution in [2.45, 2.75) is 25.8 Å². The summed E-state index contributed by atoms with van der Waals surface area (Å²) in [6, 6.07) is 12.1. The number of pyridine rings is 1. The summed E-state index contributed by atoms with van der Waals surface area (Å²) < 4.78 is 22.3. The van der Waals surface area contributed by atoms with E-state index in [0.717, 1.165) is 46.2 Å². The van der Waals surface area contributed by atoms with Crippen molar-refractivity contribution in [2.24, 2.45) is 0 Å². The zero-order valence-electron chi connectivity index (χ0n) is 17.9. The van der Waals surface area contributed by atoms with E-state index in [4.69, 9.17) is 9.72 Å². The largest absolute Gasteiger partial charge is 0.494 e. The standard InChI is InChI=1S/C24H20BrFN4O3/c1-13-8-9-29-12-16(15-5-3-4-14(13)24(15)29)23-17(25)6-7-22(28-23)27-19-11-20(30(31)32)18(26)10-21(19)33-2/h3-7,10-13H,8-9H2,1-2H3,(H,27,28)/t13-/m0/s1. The first-order valence-electron chi connectivity index (χ1n) is 10.4. The number of nitrogens with zero attached hydrogens (tertiary/aromatic N) is 3. The van der Waals surface area contributed by atoms with Gasteiger partial charge >= 0.3 is 5.69 Å². The van der Waals surface area contributed by atoms with Crippen molar-refractivity contribution in [3.8, 4) is 17.0 Å². The van der Waals surface area contributed by atoms with Gasteiger partial charge in [-0.3, -0.25) is 10.1 Å². The third-order valence-electron chi connectivity index (χ3n) is 6.09. The minimum Gasteiger partial charge on any atom is -0.494 e. The maximum Gasteiger partial charge on any atom is 0.307 e. The predicted molar refractivity (Wildman–Crippen MR) is 129 cm³/mol. The smallest absolute Gasteiger partial charge is 0.307 e. The van der Waals surface area contributed by atoms with Gasteiger partial charge in [0.05, 0.1) is 28.9 Å². The zero-order chi connectivity index (χ0) is 23.3. The molecule has 0 radical (unpaired) electrons. The number of rotatable bonds is 5. The maximum atomic E-state index is 14.0. The topological polar surface area (TPSA) is 82.2 Å². The van der Waals surface area contributed by atoms with Gasteiger partial charge in [0.1, 0.15) is 11.6 Å². The van der Waals surface area contributed by atoms with Crippen LogP contribution in [0.5, 0.6) is 5.75 Å². The van der Waals surface area contributed by atoms with Crippen LogP contribution in [-0.4, -0.2) is 21.6 Å². The van der Waals surface area contributed by atoms with Crippen LogP contribution in [0.3, 0.4) is 0 Å². The third kappa shape index (κ3) is 3.62. The number of aromatic nitrogens is 2. The molecule has 33 heavy (non-hydrogen) atoms. The van der Waals surface area contributed by atoms with Gasteiger partial charge in [0.2, 0.25) is 5.82 Å². The van der Waals surface area contributed by atoms with Crippen LogP contribution < -0.4 is 10.1 Å². The summed E-state index contributed by atoms with van der Waals surface area (Å²) in [7, 11) is 1.38. The van der Waals surface area contributed by atoms with Gasteiger partial charge in [0.15, 0.2) is 0 Å². The molecule has 1 aliphatic heterocycles. The van der Waals surface area contributed by atoms with E-state index in [1.807, 2.05) is 6.07 Å². The van der Waals surface area contributed by atoms with Gasteiger partial charge in [0.25, 0.3) is 0 Å². The van der Waals surface area contributed by atoms with Gasteiger partial charge in [-0.05, 0) is 46.0 Å². The first-order chi connectivity index (χ1) is 15.9. The fraction of sp³-hybridized carbons (Fsp3) is 0.208. The first kappa shape index (κ1) is 21.4. The number of nitro groups is 1. The Morgan fingerprint density at radius 2 is 2.12 bits per heavy atom. The van der Waals surface area contributed by atoms with Crippen LogP contribution >= 0.6 is 15.9 Å². The number of nitro benzene ring substituents is 1. The Labute approximate surface area is 197 Å². The summed E-state index contributed by atoms with van der Waals surface area (Å²) in [5.74, 6) is 0.128. The van der Waals surface area contributed by atoms with Crippen LogP contribution in [0.2, 0.25) is 0 Å². The number of benzene rings is 2. The molecule has 0 saturated heterocycles. The minimum absolute atomic E-state index is 0.144. The molecule has 5 rings (SSSR count). The SMILES string of the molecule is COc1cc(F)c([N+](=O)[O-])cc1Nc1ccc(Br)c(-c2cn3c4c(cccc24)[C@@H](C)CC3)n1. The number of anilines is 2. The highest BCUT2D eigenvalue weighted by Gasteiger charge is 2.23. The van der Waals surface area contributed by atoms with Crippen molar-refractivity contribution in [3.63, 3.8) is 0 Å². The van der Waals surface area contributed by atoms with E-state index in [-0.39, 0.29) is 11.4 Å². The lowest BCUT2D eigenvalue weighted by molar-refractivity contribution is -0.387. The molecule has 0 fully saturated rings. The number of hydrogen-bond donors (Lipinski definition) is 1. The van der Waals surface area contributed by atoms with Crippen molar-refractivity contribution in [3.05, 3.63) is 74.6 Å². The molecule has 0 amide bonds. The molecular weight excluding hydrogens is 491 g/mol. The summed E-state index contributed by atoms with van der Waals surface area (Å²) in [4.78, 5) is 15.2. The number of para-hydroxylation sites is 1. The quantitative estimate of drug-likeness (QED) is 0.236. The van der Waals surface area contributed by atoms with E-state index >= 15 is 0 Å². The Bertz CT molecular complexity index is 1420. The lowest BCUT2D eigenvalue weighted by Crippen LogP contribution is -2.09. The Hall–Kier alpha value is -3.46. The highest BCUT2D eigenvalue weighted by molar-refractivity contribution is 9.10. The highest BCUT2D eigenvalue weighted by atomic mass is 79.9. The molecule has 0 spiro atoms. The molecule has 1 N–H and O–H groups in total. The van der Waals surface area contributed by atoms with Crippen molar-refractivity contribution in [2.75, 3.05) is 12.4 Å². The molecule has 7 nitrogen and oxygen atoms in total. The molecule has 3 heterocycles. The fourth-order valence-corrected chi connectivity index (χ4v) is 4.86. The number of methoxy groups -OCH3 is 1. The monoisotopic (exact) mass is 510 g/mol. The van der Waals surface area contributed by atoms with Crippen LogP contribution in [0.1, 0.15) is 24.8 Å². The summed E-state index contributed by atoms with van der Waals surface area (Å²) >= 11 is 3.62. The predicted octanol–water partition coefficient (Wildman–Crippen LogP) is 6.77. The summed E-state index contributed by atoms with van der Waals surface area (Å²) in [5, 5.41) is 15.4. The molecule has 0 saturated carbocycles. The molecular formula is C24H20BrFN4O3. The second-order valence-electron chi connectivity index (χ2n) is 8.08. The molecule has 1 atom stereocenters. The zero-order valence-corrected chi connectivity index (χ0v) is 19.5. The molecule has 2 aromatic heterocycles.